The van der Waals surface area contributed by atoms with Crippen molar-refractivity contribution in [3.63, 3.8) is 0 Å². The third-order valence-electron chi connectivity index (χ3n) is 4.45. The fourth-order valence-electron chi connectivity index (χ4n) is 3.02. The molecule has 1 heterocycles. The van der Waals surface area contributed by atoms with Gasteiger partial charge in [-0.15, -0.1) is 0 Å². The van der Waals surface area contributed by atoms with Gasteiger partial charge in [0.05, 0.1) is 11.8 Å². The Kier molecular flexibility index (Phi) is 5.43. The quantitative estimate of drug-likeness (QED) is 0.870. The van der Waals surface area contributed by atoms with Crippen LogP contribution in [-0.2, 0) is 11.2 Å². The summed E-state index contributed by atoms with van der Waals surface area (Å²) >= 11 is 0. The van der Waals surface area contributed by atoms with Crippen molar-refractivity contribution in [2.75, 3.05) is 0 Å². The molecule has 1 aromatic heterocycles. The first-order chi connectivity index (χ1) is 12.0. The minimum Gasteiger partial charge on any atom is -0.441 e. The standard InChI is InChI=1S/C18H21F2N3O2/c19-11-1-6-14(15(20)9-11)16-10-22-18(25-16)8-7-17(24)23-13-4-2-12(21)3-5-13/h1,6,9-10,12-13H,2-5,7-8,21H2,(H,23,24). The van der Waals surface area contributed by atoms with E-state index in [1.165, 1.54) is 12.3 Å². The number of nitrogens with zero attached hydrogens (tertiary/aromatic N) is 1. The molecule has 0 radical (unpaired) electrons. The summed E-state index contributed by atoms with van der Waals surface area (Å²) in [6.07, 6.45) is 5.61. The minimum absolute atomic E-state index is 0.0619. The molecule has 1 saturated carbocycles. The molecule has 0 atom stereocenters. The summed E-state index contributed by atoms with van der Waals surface area (Å²) in [6.45, 7) is 0. The molecule has 3 N–H and O–H groups in total. The number of amides is 1. The second-order valence-corrected chi connectivity index (χ2v) is 6.42. The smallest absolute Gasteiger partial charge is 0.220 e. The summed E-state index contributed by atoms with van der Waals surface area (Å²) in [5.41, 5.74) is 5.99. The molecule has 1 fully saturated rings. The SMILES string of the molecule is NC1CCC(NC(=O)CCc2ncc(-c3ccc(F)cc3F)o2)CC1. The molecule has 5 nitrogen and oxygen atoms in total. The van der Waals surface area contributed by atoms with Crippen molar-refractivity contribution in [2.24, 2.45) is 5.73 Å². The lowest BCUT2D eigenvalue weighted by Gasteiger charge is -2.26. The number of aromatic nitrogens is 1. The van der Waals surface area contributed by atoms with E-state index in [0.29, 0.717) is 12.3 Å². The van der Waals surface area contributed by atoms with Crippen molar-refractivity contribution in [3.05, 3.63) is 41.9 Å². The number of hydrogen-bond donors (Lipinski definition) is 2. The van der Waals surface area contributed by atoms with Crippen LogP contribution in [0.3, 0.4) is 0 Å². The molecule has 25 heavy (non-hydrogen) atoms. The molecule has 0 unspecified atom stereocenters. The third-order valence-corrected chi connectivity index (χ3v) is 4.45. The van der Waals surface area contributed by atoms with Gasteiger partial charge in [0.1, 0.15) is 11.6 Å². The number of oxazole rings is 1. The molecule has 7 heteroatoms. The Hall–Kier alpha value is -2.28. The zero-order valence-electron chi connectivity index (χ0n) is 13.8. The number of carbonyl (C=O) groups is 1. The maximum absolute atomic E-state index is 13.7. The molecule has 0 aliphatic heterocycles. The van der Waals surface area contributed by atoms with E-state index in [1.807, 2.05) is 0 Å². The summed E-state index contributed by atoms with van der Waals surface area (Å²) < 4.78 is 32.2. The van der Waals surface area contributed by atoms with E-state index in [0.717, 1.165) is 37.8 Å². The van der Waals surface area contributed by atoms with Crippen molar-refractivity contribution in [2.45, 2.75) is 50.6 Å². The van der Waals surface area contributed by atoms with Gasteiger partial charge in [0.25, 0.3) is 0 Å². The predicted octanol–water partition coefficient (Wildman–Crippen LogP) is 2.94. The fourth-order valence-corrected chi connectivity index (χ4v) is 3.02. The van der Waals surface area contributed by atoms with Gasteiger partial charge in [0.15, 0.2) is 11.7 Å². The van der Waals surface area contributed by atoms with Crippen molar-refractivity contribution in [1.82, 2.24) is 10.3 Å². The summed E-state index contributed by atoms with van der Waals surface area (Å²) in [5.74, 6) is -0.862. The zero-order chi connectivity index (χ0) is 17.8. The molecule has 1 aliphatic rings. The normalized spacial score (nSPS) is 20.4. The van der Waals surface area contributed by atoms with E-state index in [1.54, 1.807) is 0 Å². The van der Waals surface area contributed by atoms with E-state index < -0.39 is 11.6 Å². The largest absolute Gasteiger partial charge is 0.441 e. The summed E-state index contributed by atoms with van der Waals surface area (Å²) in [7, 11) is 0. The minimum atomic E-state index is -0.712. The highest BCUT2D eigenvalue weighted by molar-refractivity contribution is 5.76. The highest BCUT2D eigenvalue weighted by Crippen LogP contribution is 2.24. The monoisotopic (exact) mass is 349 g/mol. The lowest BCUT2D eigenvalue weighted by molar-refractivity contribution is -0.122. The van der Waals surface area contributed by atoms with Gasteiger partial charge in [-0.1, -0.05) is 0 Å². The molecule has 3 rings (SSSR count). The Morgan fingerprint density at radius 3 is 2.76 bits per heavy atom. The van der Waals surface area contributed by atoms with Crippen LogP contribution in [-0.4, -0.2) is 23.0 Å². The Bertz CT molecular complexity index is 740. The number of nitrogens with one attached hydrogen (secondary N) is 1. The number of aryl methyl sites for hydroxylation is 1. The Morgan fingerprint density at radius 1 is 1.28 bits per heavy atom. The topological polar surface area (TPSA) is 81.1 Å². The molecule has 0 saturated heterocycles. The maximum Gasteiger partial charge on any atom is 0.220 e. The summed E-state index contributed by atoms with van der Waals surface area (Å²) in [5, 5.41) is 3.00. The van der Waals surface area contributed by atoms with Gasteiger partial charge in [0.2, 0.25) is 5.91 Å². The number of rotatable bonds is 5. The van der Waals surface area contributed by atoms with Crippen molar-refractivity contribution >= 4 is 5.91 Å². The van der Waals surface area contributed by atoms with Gasteiger partial charge in [-0.25, -0.2) is 13.8 Å². The van der Waals surface area contributed by atoms with Crippen LogP contribution in [0.5, 0.6) is 0 Å². The molecule has 134 valence electrons. The maximum atomic E-state index is 13.7. The van der Waals surface area contributed by atoms with Gasteiger partial charge < -0.3 is 15.5 Å². The lowest BCUT2D eigenvalue weighted by Crippen LogP contribution is -2.40. The first-order valence-electron chi connectivity index (χ1n) is 8.46. The lowest BCUT2D eigenvalue weighted by atomic mass is 9.92. The van der Waals surface area contributed by atoms with Gasteiger partial charge in [-0.2, -0.15) is 0 Å². The van der Waals surface area contributed by atoms with Crippen LogP contribution < -0.4 is 11.1 Å². The molecule has 1 amide bonds. The molecular weight excluding hydrogens is 328 g/mol. The summed E-state index contributed by atoms with van der Waals surface area (Å²) in [4.78, 5) is 16.1. The number of halogens is 2. The van der Waals surface area contributed by atoms with Crippen LogP contribution in [0.1, 0.15) is 38.0 Å². The van der Waals surface area contributed by atoms with E-state index >= 15 is 0 Å². The number of hydrogen-bond acceptors (Lipinski definition) is 4. The zero-order valence-corrected chi connectivity index (χ0v) is 13.8. The highest BCUT2D eigenvalue weighted by atomic mass is 19.1. The average molecular weight is 349 g/mol. The van der Waals surface area contributed by atoms with E-state index in [4.69, 9.17) is 10.2 Å². The number of benzene rings is 1. The molecule has 1 aliphatic carbocycles. The van der Waals surface area contributed by atoms with Gasteiger partial charge in [0, 0.05) is 31.0 Å². The van der Waals surface area contributed by atoms with Crippen LogP contribution in [0, 0.1) is 11.6 Å². The van der Waals surface area contributed by atoms with Crippen molar-refractivity contribution in [3.8, 4) is 11.3 Å². The Morgan fingerprint density at radius 2 is 2.04 bits per heavy atom. The molecule has 0 bridgehead atoms. The molecular formula is C18H21F2N3O2. The second kappa shape index (κ2) is 7.74. The van der Waals surface area contributed by atoms with Crippen LogP contribution in [0.15, 0.2) is 28.8 Å². The number of nitrogens with two attached hydrogens (primary N) is 1. The van der Waals surface area contributed by atoms with Crippen LogP contribution in [0.25, 0.3) is 11.3 Å². The number of carbonyl (C=O) groups excluding carboxylic acids is 1. The van der Waals surface area contributed by atoms with Gasteiger partial charge >= 0.3 is 0 Å². The van der Waals surface area contributed by atoms with Crippen LogP contribution in [0.4, 0.5) is 8.78 Å². The third kappa shape index (κ3) is 4.63. The molecule has 2 aromatic rings. The fraction of sp³-hybridized carbons (Fsp3) is 0.444. The Balaban J connectivity index is 1.52. The first-order valence-corrected chi connectivity index (χ1v) is 8.46. The second-order valence-electron chi connectivity index (χ2n) is 6.42. The van der Waals surface area contributed by atoms with Crippen LogP contribution in [0.2, 0.25) is 0 Å². The van der Waals surface area contributed by atoms with Gasteiger partial charge in [-0.05, 0) is 37.8 Å². The van der Waals surface area contributed by atoms with E-state index in [9.17, 15) is 13.6 Å². The van der Waals surface area contributed by atoms with E-state index in [2.05, 4.69) is 10.3 Å². The predicted molar refractivity (Wildman–Crippen MR) is 88.6 cm³/mol. The summed E-state index contributed by atoms with van der Waals surface area (Å²) in [6, 6.07) is 3.67. The average Bonchev–Trinajstić information content (AvgIpc) is 3.04. The van der Waals surface area contributed by atoms with Crippen molar-refractivity contribution in [1.29, 1.82) is 0 Å². The van der Waals surface area contributed by atoms with Crippen LogP contribution >= 0.6 is 0 Å². The molecule has 1 aromatic carbocycles. The highest BCUT2D eigenvalue weighted by Gasteiger charge is 2.20. The van der Waals surface area contributed by atoms with Gasteiger partial charge in [-0.3, -0.25) is 4.79 Å². The molecule has 0 spiro atoms. The van der Waals surface area contributed by atoms with E-state index in [-0.39, 0.29) is 35.7 Å². The van der Waals surface area contributed by atoms with Crippen molar-refractivity contribution < 1.29 is 18.0 Å². The Labute approximate surface area is 144 Å². The first kappa shape index (κ1) is 17.5.